The molecule has 1 saturated heterocycles. The van der Waals surface area contributed by atoms with Crippen molar-refractivity contribution in [2.24, 2.45) is 0 Å². The van der Waals surface area contributed by atoms with E-state index in [1.54, 1.807) is 0 Å². The standard InChI is InChI=1S/C16H21F2NO/c17-12-5-6-14(18)13(11-12)15(20)16(7-1-2-8-16)19-9-3-4-10-19/h5-6,11,15,20H,1-4,7-10H2. The van der Waals surface area contributed by atoms with Crippen LogP contribution < -0.4 is 0 Å². The maximum Gasteiger partial charge on any atom is 0.129 e. The summed E-state index contributed by atoms with van der Waals surface area (Å²) in [4.78, 5) is 2.30. The highest BCUT2D eigenvalue weighted by atomic mass is 19.1. The molecule has 3 rings (SSSR count). The van der Waals surface area contributed by atoms with E-state index in [4.69, 9.17) is 0 Å². The Bertz CT molecular complexity index is 479. The average molecular weight is 281 g/mol. The van der Waals surface area contributed by atoms with Crippen LogP contribution in [0.5, 0.6) is 0 Å². The number of halogens is 2. The maximum absolute atomic E-state index is 14.0. The van der Waals surface area contributed by atoms with Crippen molar-refractivity contribution in [3.05, 3.63) is 35.4 Å². The molecule has 1 unspecified atom stereocenters. The molecule has 1 aliphatic carbocycles. The third-order valence-corrected chi connectivity index (χ3v) is 4.97. The van der Waals surface area contributed by atoms with Crippen LogP contribution in [0.25, 0.3) is 0 Å². The summed E-state index contributed by atoms with van der Waals surface area (Å²) in [5.74, 6) is -1.00. The molecule has 0 bridgehead atoms. The average Bonchev–Trinajstić information content (AvgIpc) is 3.11. The second kappa shape index (κ2) is 5.41. The predicted octanol–water partition coefficient (Wildman–Crippen LogP) is 3.41. The molecule has 1 N–H and O–H groups in total. The molecule has 20 heavy (non-hydrogen) atoms. The highest BCUT2D eigenvalue weighted by Crippen LogP contribution is 2.46. The minimum atomic E-state index is -0.946. The van der Waals surface area contributed by atoms with E-state index in [1.165, 1.54) is 0 Å². The third-order valence-electron chi connectivity index (χ3n) is 4.97. The van der Waals surface area contributed by atoms with E-state index >= 15 is 0 Å². The van der Waals surface area contributed by atoms with E-state index in [1.807, 2.05) is 0 Å². The van der Waals surface area contributed by atoms with Crippen molar-refractivity contribution < 1.29 is 13.9 Å². The first-order valence-electron chi connectivity index (χ1n) is 7.51. The van der Waals surface area contributed by atoms with Crippen LogP contribution in [0.4, 0.5) is 8.78 Å². The molecule has 1 saturated carbocycles. The lowest BCUT2D eigenvalue weighted by Crippen LogP contribution is -2.50. The number of aliphatic hydroxyl groups is 1. The monoisotopic (exact) mass is 281 g/mol. The lowest BCUT2D eigenvalue weighted by molar-refractivity contribution is -0.0215. The van der Waals surface area contributed by atoms with Crippen molar-refractivity contribution in [3.8, 4) is 0 Å². The molecule has 1 aliphatic heterocycles. The second-order valence-electron chi connectivity index (χ2n) is 6.07. The van der Waals surface area contributed by atoms with Gasteiger partial charge in [0.15, 0.2) is 0 Å². The molecule has 1 aromatic rings. The summed E-state index contributed by atoms with van der Waals surface area (Å²) in [7, 11) is 0. The van der Waals surface area contributed by atoms with Crippen molar-refractivity contribution in [1.29, 1.82) is 0 Å². The van der Waals surface area contributed by atoms with Crippen LogP contribution in [0, 0.1) is 11.6 Å². The fourth-order valence-corrected chi connectivity index (χ4v) is 3.93. The molecule has 0 aromatic heterocycles. The van der Waals surface area contributed by atoms with Gasteiger partial charge < -0.3 is 5.11 Å². The fraction of sp³-hybridized carbons (Fsp3) is 0.625. The van der Waals surface area contributed by atoms with Gasteiger partial charge in [-0.1, -0.05) is 12.8 Å². The van der Waals surface area contributed by atoms with E-state index in [2.05, 4.69) is 4.90 Å². The summed E-state index contributed by atoms with van der Waals surface area (Å²) in [6.07, 6.45) is 5.13. The molecule has 0 amide bonds. The molecule has 1 atom stereocenters. The Hall–Kier alpha value is -1.00. The van der Waals surface area contributed by atoms with E-state index in [0.717, 1.165) is 69.8 Å². The van der Waals surface area contributed by atoms with Gasteiger partial charge >= 0.3 is 0 Å². The molecule has 2 nitrogen and oxygen atoms in total. The van der Waals surface area contributed by atoms with Crippen LogP contribution in [0.1, 0.15) is 50.2 Å². The van der Waals surface area contributed by atoms with Gasteiger partial charge in [0.1, 0.15) is 17.7 Å². The first kappa shape index (κ1) is 14.0. The van der Waals surface area contributed by atoms with Gasteiger partial charge in [-0.25, -0.2) is 8.78 Å². The summed E-state index contributed by atoms with van der Waals surface area (Å²) in [5, 5.41) is 10.8. The molecule has 0 radical (unpaired) electrons. The Labute approximate surface area is 118 Å². The van der Waals surface area contributed by atoms with Crippen molar-refractivity contribution in [2.45, 2.75) is 50.2 Å². The van der Waals surface area contributed by atoms with E-state index < -0.39 is 23.3 Å². The van der Waals surface area contributed by atoms with Gasteiger partial charge in [0, 0.05) is 5.56 Å². The molecule has 4 heteroatoms. The first-order chi connectivity index (χ1) is 9.63. The smallest absolute Gasteiger partial charge is 0.129 e. The molecule has 110 valence electrons. The zero-order valence-corrected chi connectivity index (χ0v) is 11.6. The van der Waals surface area contributed by atoms with Gasteiger partial charge in [0.25, 0.3) is 0 Å². The number of hydrogen-bond donors (Lipinski definition) is 1. The van der Waals surface area contributed by atoms with Gasteiger partial charge in [-0.15, -0.1) is 0 Å². The number of hydrogen-bond acceptors (Lipinski definition) is 2. The number of rotatable bonds is 3. The SMILES string of the molecule is OC(c1cc(F)ccc1F)C1(N2CCCC2)CCCC1. The topological polar surface area (TPSA) is 23.5 Å². The fourth-order valence-electron chi connectivity index (χ4n) is 3.93. The summed E-state index contributed by atoms with van der Waals surface area (Å²) >= 11 is 0. The van der Waals surface area contributed by atoms with Crippen molar-refractivity contribution >= 4 is 0 Å². The minimum Gasteiger partial charge on any atom is -0.386 e. The Morgan fingerprint density at radius 1 is 1.05 bits per heavy atom. The van der Waals surface area contributed by atoms with Crippen LogP contribution in [0.15, 0.2) is 18.2 Å². The molecule has 0 spiro atoms. The molecule has 1 heterocycles. The summed E-state index contributed by atoms with van der Waals surface area (Å²) < 4.78 is 27.4. The maximum atomic E-state index is 14.0. The molecular weight excluding hydrogens is 260 g/mol. The summed E-state index contributed by atoms with van der Waals surface area (Å²) in [6.45, 7) is 1.90. The third kappa shape index (κ3) is 2.25. The highest BCUT2D eigenvalue weighted by molar-refractivity contribution is 5.25. The summed E-state index contributed by atoms with van der Waals surface area (Å²) in [6, 6.07) is 3.36. The first-order valence-corrected chi connectivity index (χ1v) is 7.51. The van der Waals surface area contributed by atoms with Gasteiger partial charge in [-0.3, -0.25) is 4.90 Å². The highest BCUT2D eigenvalue weighted by Gasteiger charge is 2.47. The van der Waals surface area contributed by atoms with Crippen molar-refractivity contribution in [1.82, 2.24) is 4.90 Å². The summed E-state index contributed by atoms with van der Waals surface area (Å²) in [5.41, 5.74) is -0.288. The van der Waals surface area contributed by atoms with Crippen LogP contribution >= 0.6 is 0 Å². The van der Waals surface area contributed by atoms with E-state index in [-0.39, 0.29) is 5.56 Å². The lowest BCUT2D eigenvalue weighted by atomic mass is 9.84. The van der Waals surface area contributed by atoms with Crippen molar-refractivity contribution in [2.75, 3.05) is 13.1 Å². The van der Waals surface area contributed by atoms with Gasteiger partial charge in [-0.2, -0.15) is 0 Å². The molecule has 2 fully saturated rings. The number of nitrogens with zero attached hydrogens (tertiary/aromatic N) is 1. The minimum absolute atomic E-state index is 0.110. The molecule has 2 aliphatic rings. The Balaban J connectivity index is 1.96. The number of likely N-dealkylation sites (tertiary alicyclic amines) is 1. The van der Waals surface area contributed by atoms with Crippen molar-refractivity contribution in [3.63, 3.8) is 0 Å². The molecule has 1 aromatic carbocycles. The Kier molecular flexibility index (Phi) is 3.78. The normalized spacial score (nSPS) is 24.1. The van der Waals surface area contributed by atoms with Gasteiger partial charge in [-0.05, 0) is 57.0 Å². The lowest BCUT2D eigenvalue weighted by Gasteiger charge is -2.43. The largest absolute Gasteiger partial charge is 0.386 e. The van der Waals surface area contributed by atoms with Gasteiger partial charge in [0.2, 0.25) is 0 Å². The van der Waals surface area contributed by atoms with Crippen LogP contribution in [-0.2, 0) is 0 Å². The Morgan fingerprint density at radius 2 is 1.70 bits per heavy atom. The van der Waals surface area contributed by atoms with Crippen LogP contribution in [0.3, 0.4) is 0 Å². The quantitative estimate of drug-likeness (QED) is 0.918. The number of aliphatic hydroxyl groups excluding tert-OH is 1. The predicted molar refractivity (Wildman–Crippen MR) is 73.3 cm³/mol. The van der Waals surface area contributed by atoms with Gasteiger partial charge in [0.05, 0.1) is 5.54 Å². The van der Waals surface area contributed by atoms with Crippen LogP contribution in [-0.4, -0.2) is 28.6 Å². The van der Waals surface area contributed by atoms with E-state index in [9.17, 15) is 13.9 Å². The van der Waals surface area contributed by atoms with E-state index in [0.29, 0.717) is 0 Å². The zero-order valence-electron chi connectivity index (χ0n) is 11.6. The molecular formula is C16H21F2NO. The zero-order chi connectivity index (χ0) is 14.2. The number of benzene rings is 1. The Morgan fingerprint density at radius 3 is 2.35 bits per heavy atom. The van der Waals surface area contributed by atoms with Crippen LogP contribution in [0.2, 0.25) is 0 Å². The second-order valence-corrected chi connectivity index (χ2v) is 6.07.